The summed E-state index contributed by atoms with van der Waals surface area (Å²) in [6, 6.07) is 11.6. The molecule has 2 N–H and O–H groups in total. The second kappa shape index (κ2) is 5.76. The quantitative estimate of drug-likeness (QED) is 0.893. The number of anilines is 2. The Bertz CT molecular complexity index is 845. The van der Waals surface area contributed by atoms with E-state index >= 15 is 0 Å². The van der Waals surface area contributed by atoms with E-state index in [-0.39, 0.29) is 11.8 Å². The zero-order chi connectivity index (χ0) is 16.7. The zero-order valence-electron chi connectivity index (χ0n) is 13.6. The minimum Gasteiger partial charge on any atom is -0.322 e. The van der Waals surface area contributed by atoms with Crippen LogP contribution in [0.2, 0.25) is 0 Å². The molecule has 2 amide bonds. The molecule has 0 spiro atoms. The Labute approximate surface area is 140 Å². The molecule has 0 aromatic heterocycles. The Morgan fingerprint density at radius 1 is 1.04 bits per heavy atom. The molecule has 5 nitrogen and oxygen atoms in total. The Balaban J connectivity index is 1.54. The van der Waals surface area contributed by atoms with Crippen molar-refractivity contribution in [3.05, 3.63) is 58.7 Å². The summed E-state index contributed by atoms with van der Waals surface area (Å²) in [5.74, 6) is -0.0524. The molecular formula is C19H19N3O2. The van der Waals surface area contributed by atoms with Crippen molar-refractivity contribution in [3.63, 3.8) is 0 Å². The van der Waals surface area contributed by atoms with E-state index in [2.05, 4.69) is 10.6 Å². The van der Waals surface area contributed by atoms with Gasteiger partial charge in [0.2, 0.25) is 5.91 Å². The van der Waals surface area contributed by atoms with Crippen LogP contribution in [0.5, 0.6) is 0 Å². The van der Waals surface area contributed by atoms with E-state index in [1.807, 2.05) is 36.4 Å². The van der Waals surface area contributed by atoms with Gasteiger partial charge >= 0.3 is 0 Å². The van der Waals surface area contributed by atoms with E-state index in [1.54, 1.807) is 11.8 Å². The number of hydrogen-bond donors (Lipinski definition) is 2. The van der Waals surface area contributed by atoms with Crippen LogP contribution in [0.4, 0.5) is 11.4 Å². The third-order valence-corrected chi connectivity index (χ3v) is 4.71. The van der Waals surface area contributed by atoms with Gasteiger partial charge < -0.3 is 15.5 Å². The largest absolute Gasteiger partial charge is 0.322 e. The average molecular weight is 321 g/mol. The van der Waals surface area contributed by atoms with Crippen LogP contribution in [0.1, 0.15) is 34.0 Å². The highest BCUT2D eigenvalue weighted by Crippen LogP contribution is 2.30. The van der Waals surface area contributed by atoms with E-state index in [1.165, 1.54) is 11.1 Å². The third kappa shape index (κ3) is 2.57. The average Bonchev–Trinajstić information content (AvgIpc) is 3.20. The fourth-order valence-electron chi connectivity index (χ4n) is 3.45. The maximum absolute atomic E-state index is 12.5. The molecule has 24 heavy (non-hydrogen) atoms. The minimum atomic E-state index is -0.105. The van der Waals surface area contributed by atoms with Crippen molar-refractivity contribution in [2.24, 2.45) is 0 Å². The number of nitrogens with zero attached hydrogens (tertiary/aromatic N) is 1. The highest BCUT2D eigenvalue weighted by atomic mass is 16.2. The molecule has 122 valence electrons. The van der Waals surface area contributed by atoms with Gasteiger partial charge in [0.1, 0.15) is 0 Å². The second-order valence-electron chi connectivity index (χ2n) is 6.31. The highest BCUT2D eigenvalue weighted by molar-refractivity contribution is 6.05. The van der Waals surface area contributed by atoms with Crippen LogP contribution in [0.15, 0.2) is 36.4 Å². The van der Waals surface area contributed by atoms with Crippen LogP contribution in [0.25, 0.3) is 0 Å². The van der Waals surface area contributed by atoms with Gasteiger partial charge in [-0.2, -0.15) is 0 Å². The summed E-state index contributed by atoms with van der Waals surface area (Å²) in [5, 5.41) is 6.24. The summed E-state index contributed by atoms with van der Waals surface area (Å²) in [7, 11) is 0. The molecule has 0 radical (unpaired) electrons. The van der Waals surface area contributed by atoms with Gasteiger partial charge in [-0.05, 0) is 53.4 Å². The smallest absolute Gasteiger partial charge is 0.255 e. The van der Waals surface area contributed by atoms with Gasteiger partial charge in [-0.3, -0.25) is 9.59 Å². The Morgan fingerprint density at radius 2 is 1.88 bits per heavy atom. The maximum atomic E-state index is 12.5. The molecule has 2 aliphatic rings. The first-order valence-corrected chi connectivity index (χ1v) is 8.17. The lowest BCUT2D eigenvalue weighted by Gasteiger charge is -2.15. The molecule has 2 aromatic rings. The van der Waals surface area contributed by atoms with E-state index in [0.717, 1.165) is 36.4 Å². The molecule has 0 saturated heterocycles. The predicted octanol–water partition coefficient (Wildman–Crippen LogP) is 2.45. The maximum Gasteiger partial charge on any atom is 0.255 e. The molecule has 5 heteroatoms. The van der Waals surface area contributed by atoms with Crippen LogP contribution in [-0.4, -0.2) is 18.4 Å². The topological polar surface area (TPSA) is 61.4 Å². The second-order valence-corrected chi connectivity index (χ2v) is 6.31. The summed E-state index contributed by atoms with van der Waals surface area (Å²) < 4.78 is 0. The zero-order valence-corrected chi connectivity index (χ0v) is 13.6. The molecule has 2 heterocycles. The molecule has 2 aliphatic heterocycles. The highest BCUT2D eigenvalue weighted by Gasteiger charge is 2.22. The predicted molar refractivity (Wildman–Crippen MR) is 93.1 cm³/mol. The minimum absolute atomic E-state index is 0.0530. The molecule has 0 unspecified atom stereocenters. The monoisotopic (exact) mass is 321 g/mol. The lowest BCUT2D eigenvalue weighted by atomic mass is 10.1. The van der Waals surface area contributed by atoms with Crippen molar-refractivity contribution in [1.82, 2.24) is 5.32 Å². The lowest BCUT2D eigenvalue weighted by molar-refractivity contribution is -0.116. The van der Waals surface area contributed by atoms with Gasteiger partial charge in [0.05, 0.1) is 0 Å². The van der Waals surface area contributed by atoms with Crippen molar-refractivity contribution in [2.75, 3.05) is 16.8 Å². The van der Waals surface area contributed by atoms with Gasteiger partial charge in [0, 0.05) is 43.5 Å². The number of amides is 2. The van der Waals surface area contributed by atoms with Crippen LogP contribution in [-0.2, 0) is 24.3 Å². The van der Waals surface area contributed by atoms with E-state index in [0.29, 0.717) is 12.1 Å². The first-order valence-electron chi connectivity index (χ1n) is 8.17. The molecular weight excluding hydrogens is 302 g/mol. The molecule has 0 aliphatic carbocycles. The van der Waals surface area contributed by atoms with E-state index < -0.39 is 0 Å². The Hall–Kier alpha value is -2.66. The number of benzene rings is 2. The lowest BCUT2D eigenvalue weighted by Crippen LogP contribution is -2.25. The van der Waals surface area contributed by atoms with Crippen molar-refractivity contribution in [1.29, 1.82) is 0 Å². The van der Waals surface area contributed by atoms with Crippen LogP contribution in [0, 0.1) is 0 Å². The van der Waals surface area contributed by atoms with Gasteiger partial charge in [-0.25, -0.2) is 0 Å². The molecule has 0 fully saturated rings. The molecule has 4 rings (SSSR count). The number of carbonyl (C=O) groups excluding carboxylic acids is 2. The summed E-state index contributed by atoms with van der Waals surface area (Å²) in [5.41, 5.74) is 5.93. The fourth-order valence-corrected chi connectivity index (χ4v) is 3.45. The summed E-state index contributed by atoms with van der Waals surface area (Å²) >= 11 is 0. The first kappa shape index (κ1) is 14.9. The summed E-state index contributed by atoms with van der Waals surface area (Å²) in [4.78, 5) is 25.9. The van der Waals surface area contributed by atoms with Crippen LogP contribution in [0.3, 0.4) is 0 Å². The van der Waals surface area contributed by atoms with Crippen molar-refractivity contribution < 1.29 is 9.59 Å². The first-order chi connectivity index (χ1) is 11.6. The molecule has 0 saturated carbocycles. The van der Waals surface area contributed by atoms with Crippen LogP contribution < -0.4 is 15.5 Å². The Morgan fingerprint density at radius 3 is 2.71 bits per heavy atom. The number of hydrogen-bond acceptors (Lipinski definition) is 3. The normalized spacial score (nSPS) is 15.1. The van der Waals surface area contributed by atoms with Crippen molar-refractivity contribution in [2.45, 2.75) is 26.4 Å². The third-order valence-electron chi connectivity index (χ3n) is 4.71. The molecule has 0 atom stereocenters. The summed E-state index contributed by atoms with van der Waals surface area (Å²) in [6.07, 6.45) is 0.823. The number of fused-ring (bicyclic) bond motifs is 2. The van der Waals surface area contributed by atoms with Gasteiger partial charge in [-0.1, -0.05) is 6.07 Å². The van der Waals surface area contributed by atoms with Crippen molar-refractivity contribution in [3.8, 4) is 0 Å². The number of rotatable bonds is 2. The molecule has 2 aromatic carbocycles. The van der Waals surface area contributed by atoms with Gasteiger partial charge in [0.15, 0.2) is 0 Å². The SMILES string of the molecule is CC(=O)N1CCc2cc(NC(=O)c3ccc4c(c3)CNC4)ccc21. The number of carbonyl (C=O) groups is 2. The molecule has 0 bridgehead atoms. The number of nitrogens with one attached hydrogen (secondary N) is 2. The van der Waals surface area contributed by atoms with Crippen LogP contribution >= 0.6 is 0 Å². The fraction of sp³-hybridized carbons (Fsp3) is 0.263. The van der Waals surface area contributed by atoms with Gasteiger partial charge in [0.25, 0.3) is 5.91 Å². The van der Waals surface area contributed by atoms with Crippen molar-refractivity contribution >= 4 is 23.2 Å². The van der Waals surface area contributed by atoms with E-state index in [4.69, 9.17) is 0 Å². The van der Waals surface area contributed by atoms with Gasteiger partial charge in [-0.15, -0.1) is 0 Å². The standard InChI is InChI=1S/C19H19N3O2/c1-12(23)22-7-6-13-9-17(4-5-18(13)22)21-19(24)14-2-3-15-10-20-11-16(15)8-14/h2-5,8-9,20H,6-7,10-11H2,1H3,(H,21,24). The van der Waals surface area contributed by atoms with E-state index in [9.17, 15) is 9.59 Å². The Kier molecular flexibility index (Phi) is 3.58. The summed E-state index contributed by atoms with van der Waals surface area (Å²) in [6.45, 7) is 3.97.